The van der Waals surface area contributed by atoms with Crippen LogP contribution in [0.1, 0.15) is 50.8 Å². The molecule has 1 unspecified atom stereocenters. The monoisotopic (exact) mass is 231 g/mol. The van der Waals surface area contributed by atoms with Crippen molar-refractivity contribution in [2.45, 2.75) is 45.1 Å². The molecule has 1 aliphatic rings. The molecular weight excluding hydrogens is 210 g/mol. The maximum atomic E-state index is 4.41. The van der Waals surface area contributed by atoms with E-state index in [1.54, 1.807) is 18.0 Å². The van der Waals surface area contributed by atoms with E-state index in [1.807, 2.05) is 6.20 Å². The number of rotatable bonds is 5. The zero-order valence-electron chi connectivity index (χ0n) is 10.5. The van der Waals surface area contributed by atoms with E-state index in [9.17, 15) is 0 Å². The topological polar surface area (TPSA) is 37.8 Å². The zero-order valence-corrected chi connectivity index (χ0v) is 10.5. The van der Waals surface area contributed by atoms with Gasteiger partial charge in [0.2, 0.25) is 0 Å². The van der Waals surface area contributed by atoms with Gasteiger partial charge in [0.1, 0.15) is 0 Å². The molecule has 0 saturated carbocycles. The van der Waals surface area contributed by atoms with Gasteiger partial charge in [-0.15, -0.1) is 0 Å². The fourth-order valence-corrected chi connectivity index (χ4v) is 2.37. The number of aromatic nitrogens is 2. The summed E-state index contributed by atoms with van der Waals surface area (Å²) in [5.74, 6) is 0. The maximum Gasteiger partial charge on any atom is 0.0759 e. The highest BCUT2D eigenvalue weighted by Gasteiger charge is 2.15. The Morgan fingerprint density at radius 2 is 2.29 bits per heavy atom. The van der Waals surface area contributed by atoms with Gasteiger partial charge in [0.25, 0.3) is 0 Å². The summed E-state index contributed by atoms with van der Waals surface area (Å²) in [6.45, 7) is 3.10. The van der Waals surface area contributed by atoms with Crippen LogP contribution in [-0.2, 0) is 0 Å². The lowest BCUT2D eigenvalue weighted by atomic mass is 9.93. The van der Waals surface area contributed by atoms with Gasteiger partial charge >= 0.3 is 0 Å². The van der Waals surface area contributed by atoms with Crippen molar-refractivity contribution in [2.24, 2.45) is 0 Å². The third-order valence-electron chi connectivity index (χ3n) is 3.24. The molecule has 0 aliphatic heterocycles. The minimum Gasteiger partial charge on any atom is -0.309 e. The molecule has 0 spiro atoms. The summed E-state index contributed by atoms with van der Waals surface area (Å²) in [5.41, 5.74) is 2.63. The van der Waals surface area contributed by atoms with Gasteiger partial charge in [-0.05, 0) is 38.6 Å². The maximum absolute atomic E-state index is 4.41. The summed E-state index contributed by atoms with van der Waals surface area (Å²) in [7, 11) is 0. The molecule has 0 aromatic carbocycles. The van der Waals surface area contributed by atoms with Crippen molar-refractivity contribution in [1.82, 2.24) is 15.3 Å². The summed E-state index contributed by atoms with van der Waals surface area (Å²) < 4.78 is 0. The highest BCUT2D eigenvalue weighted by molar-refractivity contribution is 5.12. The Labute approximate surface area is 103 Å². The molecule has 2 rings (SSSR count). The van der Waals surface area contributed by atoms with Crippen LogP contribution >= 0.6 is 0 Å². The summed E-state index contributed by atoms with van der Waals surface area (Å²) in [6, 6.07) is 0.318. The van der Waals surface area contributed by atoms with E-state index in [1.165, 1.54) is 25.7 Å². The molecule has 0 saturated heterocycles. The summed E-state index contributed by atoms with van der Waals surface area (Å²) >= 11 is 0. The molecule has 92 valence electrons. The third kappa shape index (κ3) is 3.63. The van der Waals surface area contributed by atoms with Gasteiger partial charge in [-0.25, -0.2) is 0 Å². The lowest BCUT2D eigenvalue weighted by Crippen LogP contribution is -2.22. The van der Waals surface area contributed by atoms with Crippen LogP contribution in [0.15, 0.2) is 30.2 Å². The molecule has 1 aromatic heterocycles. The second kappa shape index (κ2) is 6.50. The first-order chi connectivity index (χ1) is 8.40. The normalized spacial score (nSPS) is 17.6. The average Bonchev–Trinajstić information content (AvgIpc) is 2.40. The molecule has 0 fully saturated rings. The summed E-state index contributed by atoms with van der Waals surface area (Å²) in [5, 5.41) is 3.50. The zero-order chi connectivity index (χ0) is 11.9. The summed E-state index contributed by atoms with van der Waals surface area (Å²) in [6.07, 6.45) is 14.0. The minimum absolute atomic E-state index is 0.318. The van der Waals surface area contributed by atoms with Crippen molar-refractivity contribution >= 4 is 0 Å². The smallest absolute Gasteiger partial charge is 0.0759 e. The average molecular weight is 231 g/mol. The lowest BCUT2D eigenvalue weighted by Gasteiger charge is -2.20. The van der Waals surface area contributed by atoms with E-state index >= 15 is 0 Å². The second-order valence-corrected chi connectivity index (χ2v) is 4.55. The van der Waals surface area contributed by atoms with E-state index < -0.39 is 0 Å². The fourth-order valence-electron chi connectivity index (χ4n) is 2.37. The molecule has 1 aliphatic carbocycles. The standard InChI is InChI=1S/C14H21N3/c1-2-16-13(14-11-15-8-9-17-14)10-12-6-4-3-5-7-12/h6,8-9,11,13,16H,2-5,7,10H2,1H3. The SMILES string of the molecule is CCNC(CC1=CCCCC1)c1cnccn1. The van der Waals surface area contributed by atoms with Crippen molar-refractivity contribution in [3.63, 3.8) is 0 Å². The fraction of sp³-hybridized carbons (Fsp3) is 0.571. The van der Waals surface area contributed by atoms with E-state index in [4.69, 9.17) is 0 Å². The number of hydrogen-bond acceptors (Lipinski definition) is 3. The molecule has 1 N–H and O–H groups in total. The molecule has 0 bridgehead atoms. The Morgan fingerprint density at radius 3 is 2.94 bits per heavy atom. The quantitative estimate of drug-likeness (QED) is 0.792. The van der Waals surface area contributed by atoms with Crippen LogP contribution in [-0.4, -0.2) is 16.5 Å². The van der Waals surface area contributed by atoms with Gasteiger partial charge in [0, 0.05) is 18.6 Å². The molecule has 1 heterocycles. The predicted octanol–water partition coefficient (Wildman–Crippen LogP) is 3.02. The second-order valence-electron chi connectivity index (χ2n) is 4.55. The van der Waals surface area contributed by atoms with Crippen molar-refractivity contribution in [3.8, 4) is 0 Å². The largest absolute Gasteiger partial charge is 0.309 e. The number of allylic oxidation sites excluding steroid dienone is 1. The Morgan fingerprint density at radius 1 is 1.35 bits per heavy atom. The van der Waals surface area contributed by atoms with E-state index in [2.05, 4.69) is 28.3 Å². The van der Waals surface area contributed by atoms with Crippen LogP contribution in [0.25, 0.3) is 0 Å². The molecule has 1 atom stereocenters. The molecule has 0 radical (unpaired) electrons. The van der Waals surface area contributed by atoms with Gasteiger partial charge in [-0.3, -0.25) is 9.97 Å². The lowest BCUT2D eigenvalue weighted by molar-refractivity contribution is 0.515. The van der Waals surface area contributed by atoms with Gasteiger partial charge < -0.3 is 5.32 Å². The van der Waals surface area contributed by atoms with Crippen LogP contribution in [0.4, 0.5) is 0 Å². The van der Waals surface area contributed by atoms with E-state index in [0.29, 0.717) is 6.04 Å². The van der Waals surface area contributed by atoms with Crippen LogP contribution < -0.4 is 5.32 Å². The Kier molecular flexibility index (Phi) is 4.68. The Bertz CT molecular complexity index is 359. The van der Waals surface area contributed by atoms with Crippen LogP contribution in [0, 0.1) is 0 Å². The van der Waals surface area contributed by atoms with Gasteiger partial charge in [0.05, 0.1) is 11.7 Å². The highest BCUT2D eigenvalue weighted by Crippen LogP contribution is 2.26. The Balaban J connectivity index is 2.04. The van der Waals surface area contributed by atoms with Crippen LogP contribution in [0.2, 0.25) is 0 Å². The first kappa shape index (κ1) is 12.2. The molecular formula is C14H21N3. The first-order valence-electron chi connectivity index (χ1n) is 6.57. The van der Waals surface area contributed by atoms with Gasteiger partial charge in [-0.1, -0.05) is 18.6 Å². The Hall–Kier alpha value is -1.22. The molecule has 3 heteroatoms. The molecule has 3 nitrogen and oxygen atoms in total. The predicted molar refractivity (Wildman–Crippen MR) is 69.6 cm³/mol. The van der Waals surface area contributed by atoms with Crippen LogP contribution in [0.5, 0.6) is 0 Å². The van der Waals surface area contributed by atoms with E-state index in [-0.39, 0.29) is 0 Å². The van der Waals surface area contributed by atoms with Crippen LogP contribution in [0.3, 0.4) is 0 Å². The number of nitrogens with zero attached hydrogens (tertiary/aromatic N) is 2. The molecule has 0 amide bonds. The molecule has 17 heavy (non-hydrogen) atoms. The first-order valence-corrected chi connectivity index (χ1v) is 6.57. The van der Waals surface area contributed by atoms with Crippen molar-refractivity contribution in [3.05, 3.63) is 35.9 Å². The molecule has 1 aromatic rings. The number of hydrogen-bond donors (Lipinski definition) is 1. The minimum atomic E-state index is 0.318. The van der Waals surface area contributed by atoms with Gasteiger partial charge in [-0.2, -0.15) is 0 Å². The van der Waals surface area contributed by atoms with Crippen molar-refractivity contribution in [2.75, 3.05) is 6.54 Å². The highest BCUT2D eigenvalue weighted by atomic mass is 14.9. The van der Waals surface area contributed by atoms with Crippen molar-refractivity contribution in [1.29, 1.82) is 0 Å². The third-order valence-corrected chi connectivity index (χ3v) is 3.24. The summed E-state index contributed by atoms with van der Waals surface area (Å²) in [4.78, 5) is 8.57. The number of nitrogens with one attached hydrogen (secondary N) is 1. The van der Waals surface area contributed by atoms with Gasteiger partial charge in [0.15, 0.2) is 0 Å². The van der Waals surface area contributed by atoms with Crippen molar-refractivity contribution < 1.29 is 0 Å². The van der Waals surface area contributed by atoms with E-state index in [0.717, 1.165) is 18.7 Å².